The Morgan fingerprint density at radius 3 is 2.50 bits per heavy atom. The third-order valence-corrected chi connectivity index (χ3v) is 1.72. The van der Waals surface area contributed by atoms with Crippen molar-refractivity contribution in [2.45, 2.75) is 6.42 Å². The highest BCUT2D eigenvalue weighted by atomic mass is 35.5. The molecule has 0 spiro atoms. The van der Waals surface area contributed by atoms with Gasteiger partial charge in [-0.05, 0) is 24.1 Å². The molecule has 0 atom stereocenters. The molecule has 0 fully saturated rings. The topological polar surface area (TPSA) is 19.9 Å². The Kier molecular flexibility index (Phi) is 3.85. The maximum absolute atomic E-state index is 10.1. The molecule has 0 saturated carbocycles. The summed E-state index contributed by atoms with van der Waals surface area (Å²) >= 11 is 5.70. The molecule has 1 nitrogen and oxygen atoms in total. The van der Waals surface area contributed by atoms with Gasteiger partial charge in [0.2, 0.25) is 0 Å². The molecule has 1 radical (unpaired) electrons. The molecule has 63 valence electrons. The van der Waals surface area contributed by atoms with Crippen LogP contribution >= 0.6 is 11.6 Å². The average Bonchev–Trinajstić information content (AvgIpc) is 2.09. The van der Waals surface area contributed by atoms with Gasteiger partial charge in [0.15, 0.2) is 0 Å². The standard InChI is InChI=1S/C10H10ClO/c11-10-6-4-9(5-7-10)3-1-2-8-12/h1,3-7H,2,8H2. The molecule has 0 saturated heterocycles. The van der Waals surface area contributed by atoms with Crippen LogP contribution in [0.3, 0.4) is 0 Å². The van der Waals surface area contributed by atoms with E-state index in [1.165, 1.54) is 0 Å². The molecule has 1 aromatic rings. The van der Waals surface area contributed by atoms with Crippen LogP contribution in [0.5, 0.6) is 0 Å². The summed E-state index contributed by atoms with van der Waals surface area (Å²) in [5, 5.41) is 10.8. The first-order chi connectivity index (χ1) is 5.83. The van der Waals surface area contributed by atoms with Gasteiger partial charge in [-0.25, -0.2) is 5.11 Å². The van der Waals surface area contributed by atoms with E-state index in [9.17, 15) is 5.11 Å². The van der Waals surface area contributed by atoms with Gasteiger partial charge in [-0.3, -0.25) is 0 Å². The van der Waals surface area contributed by atoms with Crippen LogP contribution in [-0.4, -0.2) is 6.61 Å². The first-order valence-electron chi connectivity index (χ1n) is 3.83. The van der Waals surface area contributed by atoms with E-state index in [0.29, 0.717) is 6.42 Å². The van der Waals surface area contributed by atoms with Crippen molar-refractivity contribution < 1.29 is 5.11 Å². The largest absolute Gasteiger partial charge is 0.236 e. The molecule has 2 heteroatoms. The van der Waals surface area contributed by atoms with Gasteiger partial charge in [0, 0.05) is 5.02 Å². The van der Waals surface area contributed by atoms with Crippen LogP contribution in [0, 0.1) is 0 Å². The zero-order valence-corrected chi connectivity index (χ0v) is 7.42. The minimum atomic E-state index is -0.0515. The van der Waals surface area contributed by atoms with Gasteiger partial charge in [0.1, 0.15) is 0 Å². The van der Waals surface area contributed by atoms with E-state index in [0.717, 1.165) is 10.6 Å². The van der Waals surface area contributed by atoms with Crippen molar-refractivity contribution in [3.05, 3.63) is 40.9 Å². The molecule has 12 heavy (non-hydrogen) atoms. The number of hydrogen-bond acceptors (Lipinski definition) is 0. The van der Waals surface area contributed by atoms with E-state index in [2.05, 4.69) is 0 Å². The lowest BCUT2D eigenvalue weighted by atomic mass is 10.2. The van der Waals surface area contributed by atoms with E-state index in [1.54, 1.807) is 0 Å². The third-order valence-electron chi connectivity index (χ3n) is 1.46. The van der Waals surface area contributed by atoms with Crippen LogP contribution in [0.2, 0.25) is 5.02 Å². The lowest BCUT2D eigenvalue weighted by Gasteiger charge is -1.92. The first-order valence-corrected chi connectivity index (χ1v) is 4.21. The molecule has 1 rings (SSSR count). The lowest BCUT2D eigenvalue weighted by Crippen LogP contribution is -1.74. The molecule has 0 unspecified atom stereocenters. The molecule has 0 N–H and O–H groups in total. The predicted octanol–water partition coefficient (Wildman–Crippen LogP) is 3.17. The molecule has 0 aliphatic heterocycles. The summed E-state index contributed by atoms with van der Waals surface area (Å²) in [4.78, 5) is 0. The zero-order chi connectivity index (χ0) is 8.81. The monoisotopic (exact) mass is 181 g/mol. The summed E-state index contributed by atoms with van der Waals surface area (Å²) < 4.78 is 0. The molecule has 0 aliphatic rings. The van der Waals surface area contributed by atoms with Crippen molar-refractivity contribution >= 4 is 17.7 Å². The van der Waals surface area contributed by atoms with E-state index in [4.69, 9.17) is 11.6 Å². The Hall–Kier alpha value is -0.790. The number of hydrogen-bond donors (Lipinski definition) is 0. The second kappa shape index (κ2) is 4.96. The molecule has 0 aromatic heterocycles. The highest BCUT2D eigenvalue weighted by Gasteiger charge is 1.86. The van der Waals surface area contributed by atoms with Crippen LogP contribution in [0.4, 0.5) is 0 Å². The summed E-state index contributed by atoms with van der Waals surface area (Å²) in [7, 11) is 0. The van der Waals surface area contributed by atoms with Crippen molar-refractivity contribution in [3.63, 3.8) is 0 Å². The fourth-order valence-electron chi connectivity index (χ4n) is 0.861. The second-order valence-electron chi connectivity index (χ2n) is 2.45. The van der Waals surface area contributed by atoms with Crippen LogP contribution in [0.15, 0.2) is 30.3 Å². The van der Waals surface area contributed by atoms with Crippen molar-refractivity contribution in [1.82, 2.24) is 0 Å². The smallest absolute Gasteiger partial charge is 0.0856 e. The SMILES string of the molecule is [O]CCC=Cc1ccc(Cl)cc1. The van der Waals surface area contributed by atoms with Crippen LogP contribution in [0.25, 0.3) is 6.08 Å². The highest BCUT2D eigenvalue weighted by Crippen LogP contribution is 2.10. The second-order valence-corrected chi connectivity index (χ2v) is 2.88. The first kappa shape index (κ1) is 9.30. The summed E-state index contributed by atoms with van der Waals surface area (Å²) in [5.41, 5.74) is 1.08. The number of benzene rings is 1. The maximum Gasteiger partial charge on any atom is 0.0856 e. The van der Waals surface area contributed by atoms with E-state index in [1.807, 2.05) is 36.4 Å². The fourth-order valence-corrected chi connectivity index (χ4v) is 0.987. The number of halogens is 1. The Labute approximate surface area is 77.3 Å². The van der Waals surface area contributed by atoms with Crippen LogP contribution in [-0.2, 0) is 5.11 Å². The molecule has 0 heterocycles. The van der Waals surface area contributed by atoms with E-state index < -0.39 is 0 Å². The Morgan fingerprint density at radius 2 is 1.92 bits per heavy atom. The summed E-state index contributed by atoms with van der Waals surface area (Å²) in [6.45, 7) is -0.0515. The van der Waals surface area contributed by atoms with Crippen molar-refractivity contribution in [3.8, 4) is 0 Å². The normalized spacial score (nSPS) is 10.8. The minimum absolute atomic E-state index is 0.0515. The minimum Gasteiger partial charge on any atom is -0.236 e. The zero-order valence-electron chi connectivity index (χ0n) is 6.66. The van der Waals surface area contributed by atoms with Crippen LogP contribution in [0.1, 0.15) is 12.0 Å². The van der Waals surface area contributed by atoms with Gasteiger partial charge >= 0.3 is 0 Å². The molecule has 0 amide bonds. The molecular weight excluding hydrogens is 172 g/mol. The summed E-state index contributed by atoms with van der Waals surface area (Å²) in [6.07, 6.45) is 4.38. The van der Waals surface area contributed by atoms with Gasteiger partial charge < -0.3 is 0 Å². The maximum atomic E-state index is 10.1. The van der Waals surface area contributed by atoms with Crippen molar-refractivity contribution in [2.24, 2.45) is 0 Å². The van der Waals surface area contributed by atoms with Crippen molar-refractivity contribution in [2.75, 3.05) is 6.61 Å². The van der Waals surface area contributed by atoms with Gasteiger partial charge in [-0.15, -0.1) is 0 Å². The quantitative estimate of drug-likeness (QED) is 0.683. The summed E-state index contributed by atoms with van der Waals surface area (Å²) in [6, 6.07) is 7.50. The van der Waals surface area contributed by atoms with E-state index in [-0.39, 0.29) is 6.61 Å². The number of rotatable bonds is 3. The van der Waals surface area contributed by atoms with Crippen molar-refractivity contribution in [1.29, 1.82) is 0 Å². The Morgan fingerprint density at radius 1 is 1.25 bits per heavy atom. The van der Waals surface area contributed by atoms with Gasteiger partial charge in [0.05, 0.1) is 6.61 Å². The highest BCUT2D eigenvalue weighted by molar-refractivity contribution is 6.30. The van der Waals surface area contributed by atoms with Gasteiger partial charge in [-0.2, -0.15) is 0 Å². The predicted molar refractivity (Wildman–Crippen MR) is 50.7 cm³/mol. The molecule has 0 bridgehead atoms. The molecule has 1 aromatic carbocycles. The Balaban J connectivity index is 2.58. The third kappa shape index (κ3) is 3.07. The molecule has 0 aliphatic carbocycles. The fraction of sp³-hybridized carbons (Fsp3) is 0.200. The van der Waals surface area contributed by atoms with Gasteiger partial charge in [0.25, 0.3) is 0 Å². The molecular formula is C10H10ClO. The van der Waals surface area contributed by atoms with Gasteiger partial charge in [-0.1, -0.05) is 35.9 Å². The Bertz CT molecular complexity index is 251. The lowest BCUT2D eigenvalue weighted by molar-refractivity contribution is 0.199. The summed E-state index contributed by atoms with van der Waals surface area (Å²) in [5.74, 6) is 0. The van der Waals surface area contributed by atoms with E-state index >= 15 is 0 Å². The average molecular weight is 182 g/mol. The van der Waals surface area contributed by atoms with Crippen LogP contribution < -0.4 is 0 Å².